The third-order valence-corrected chi connectivity index (χ3v) is 5.17. The third kappa shape index (κ3) is 4.61. The third-order valence-electron chi connectivity index (χ3n) is 4.17. The monoisotopic (exact) mass is 380 g/mol. The van der Waals surface area contributed by atoms with E-state index < -0.39 is 0 Å². The normalized spacial score (nSPS) is 14.6. The van der Waals surface area contributed by atoms with Crippen molar-refractivity contribution in [2.45, 2.75) is 12.8 Å². The quantitative estimate of drug-likeness (QED) is 0.720. The lowest BCUT2D eigenvalue weighted by Crippen LogP contribution is -2.48. The molecule has 6 nitrogen and oxygen atoms in total. The summed E-state index contributed by atoms with van der Waals surface area (Å²) < 4.78 is 9.73. The topological polar surface area (TPSA) is 58.6 Å². The molecule has 1 saturated heterocycles. The summed E-state index contributed by atoms with van der Waals surface area (Å²) in [7, 11) is 1.66. The number of methoxy groups -OCH3 is 1. The molecule has 134 valence electrons. The molecule has 0 saturated carbocycles. The molecule has 0 unspecified atom stereocenters. The Kier molecular flexibility index (Phi) is 6.09. The summed E-state index contributed by atoms with van der Waals surface area (Å²) in [5, 5.41) is 0.919. The van der Waals surface area contributed by atoms with Crippen molar-refractivity contribution >= 4 is 34.2 Å². The smallest absolute Gasteiger partial charge is 0.223 e. The van der Waals surface area contributed by atoms with Gasteiger partial charge in [-0.3, -0.25) is 4.79 Å². The van der Waals surface area contributed by atoms with Crippen LogP contribution in [-0.2, 0) is 11.2 Å². The average Bonchev–Trinajstić information content (AvgIpc) is 3.10. The number of amides is 1. The van der Waals surface area contributed by atoms with Crippen LogP contribution in [0, 0.1) is 0 Å². The Morgan fingerprint density at radius 3 is 2.84 bits per heavy atom. The van der Waals surface area contributed by atoms with Crippen LogP contribution < -0.4 is 9.64 Å². The molecule has 0 N–H and O–H groups in total. The van der Waals surface area contributed by atoms with Gasteiger partial charge in [0, 0.05) is 56.4 Å². The van der Waals surface area contributed by atoms with Gasteiger partial charge in [-0.05, 0) is 17.7 Å². The predicted octanol–water partition coefficient (Wildman–Crippen LogP) is 2.42. The number of halogens is 1. The molecule has 1 aromatic heterocycles. The average molecular weight is 381 g/mol. The highest BCUT2D eigenvalue weighted by molar-refractivity contribution is 7.09. The zero-order valence-corrected chi connectivity index (χ0v) is 15.7. The van der Waals surface area contributed by atoms with Gasteiger partial charge in [-0.1, -0.05) is 12.1 Å². The summed E-state index contributed by atoms with van der Waals surface area (Å²) in [6.07, 6.45) is 1.09. The van der Waals surface area contributed by atoms with Gasteiger partial charge in [-0.25, -0.2) is 4.98 Å². The Labute approximate surface area is 156 Å². The van der Waals surface area contributed by atoms with Crippen molar-refractivity contribution in [2.24, 2.45) is 0 Å². The molecule has 1 aliphatic heterocycles. The van der Waals surface area contributed by atoms with E-state index >= 15 is 0 Å². The zero-order chi connectivity index (χ0) is 17.6. The minimum absolute atomic E-state index is 0.130. The Morgan fingerprint density at radius 2 is 2.12 bits per heavy atom. The Morgan fingerprint density at radius 1 is 1.32 bits per heavy atom. The predicted molar refractivity (Wildman–Crippen MR) is 99.8 cm³/mol. The second-order valence-corrected chi connectivity index (χ2v) is 6.94. The van der Waals surface area contributed by atoms with Crippen LogP contribution in [0.15, 0.2) is 24.3 Å². The molecule has 3 rings (SSSR count). The lowest BCUT2D eigenvalue weighted by molar-refractivity contribution is -0.131. The summed E-state index contributed by atoms with van der Waals surface area (Å²) in [6.45, 7) is 2.98. The van der Waals surface area contributed by atoms with E-state index in [1.807, 2.05) is 29.2 Å². The molecule has 0 spiro atoms. The molecule has 1 aliphatic rings. The van der Waals surface area contributed by atoms with Crippen LogP contribution in [-0.4, -0.2) is 59.3 Å². The number of ether oxygens (including phenoxy) is 1. The number of alkyl halides is 1. The second kappa shape index (κ2) is 8.49. The number of nitrogens with zero attached hydrogens (tertiary/aromatic N) is 4. The van der Waals surface area contributed by atoms with Gasteiger partial charge in [-0.2, -0.15) is 4.37 Å². The maximum atomic E-state index is 11.9. The molecule has 0 bridgehead atoms. The molecule has 0 aliphatic carbocycles. The van der Waals surface area contributed by atoms with E-state index in [1.54, 1.807) is 7.11 Å². The molecular weight excluding hydrogens is 360 g/mol. The SMILES string of the molecule is COc1cccc(Cc2nsc(N3CCN(C(=O)CCCl)CC3)n2)c1. The number of carbonyl (C=O) groups is 1. The van der Waals surface area contributed by atoms with E-state index in [-0.39, 0.29) is 5.91 Å². The maximum Gasteiger partial charge on any atom is 0.223 e. The van der Waals surface area contributed by atoms with Crippen LogP contribution in [0.3, 0.4) is 0 Å². The van der Waals surface area contributed by atoms with E-state index in [0.29, 0.717) is 31.8 Å². The number of carbonyl (C=O) groups excluding carboxylic acids is 1. The van der Waals surface area contributed by atoms with Gasteiger partial charge in [0.25, 0.3) is 0 Å². The maximum absolute atomic E-state index is 11.9. The largest absolute Gasteiger partial charge is 0.497 e. The van der Waals surface area contributed by atoms with Gasteiger partial charge in [0.15, 0.2) is 0 Å². The number of hydrogen-bond donors (Lipinski definition) is 0. The van der Waals surface area contributed by atoms with E-state index in [2.05, 4.69) is 14.3 Å². The van der Waals surface area contributed by atoms with Crippen molar-refractivity contribution in [1.82, 2.24) is 14.3 Å². The van der Waals surface area contributed by atoms with Gasteiger partial charge in [0.2, 0.25) is 11.0 Å². The molecule has 1 amide bonds. The van der Waals surface area contributed by atoms with Gasteiger partial charge in [0.1, 0.15) is 11.6 Å². The summed E-state index contributed by atoms with van der Waals surface area (Å²) >= 11 is 7.06. The summed E-state index contributed by atoms with van der Waals surface area (Å²) in [5.41, 5.74) is 1.13. The van der Waals surface area contributed by atoms with Crippen LogP contribution in [0.25, 0.3) is 0 Å². The van der Waals surface area contributed by atoms with Crippen molar-refractivity contribution in [3.63, 3.8) is 0 Å². The van der Waals surface area contributed by atoms with Crippen LogP contribution >= 0.6 is 23.1 Å². The molecule has 8 heteroatoms. The number of benzene rings is 1. The standard InChI is InChI=1S/C17H21ClN4O2S/c1-24-14-4-2-3-13(11-14)12-15-19-17(25-20-15)22-9-7-21(8-10-22)16(23)5-6-18/h2-4,11H,5-10,12H2,1H3. The second-order valence-electron chi connectivity index (χ2n) is 5.83. The molecule has 1 aromatic carbocycles. The molecule has 2 heterocycles. The highest BCUT2D eigenvalue weighted by atomic mass is 35.5. The zero-order valence-electron chi connectivity index (χ0n) is 14.2. The number of rotatable bonds is 6. The Hall–Kier alpha value is -1.86. The van der Waals surface area contributed by atoms with Crippen LogP contribution in [0.2, 0.25) is 0 Å². The van der Waals surface area contributed by atoms with E-state index in [0.717, 1.165) is 35.4 Å². The fourth-order valence-corrected chi connectivity index (χ4v) is 3.69. The fourth-order valence-electron chi connectivity index (χ4n) is 2.80. The first-order valence-corrected chi connectivity index (χ1v) is 9.54. The van der Waals surface area contributed by atoms with Gasteiger partial charge >= 0.3 is 0 Å². The minimum atomic E-state index is 0.130. The highest BCUT2D eigenvalue weighted by Gasteiger charge is 2.22. The molecule has 0 atom stereocenters. The number of hydrogen-bond acceptors (Lipinski definition) is 6. The minimum Gasteiger partial charge on any atom is -0.497 e. The van der Waals surface area contributed by atoms with Crippen LogP contribution in [0.4, 0.5) is 5.13 Å². The van der Waals surface area contributed by atoms with Crippen molar-refractivity contribution in [3.8, 4) is 5.75 Å². The number of aromatic nitrogens is 2. The Bertz CT molecular complexity index is 716. The van der Waals surface area contributed by atoms with Crippen molar-refractivity contribution < 1.29 is 9.53 Å². The fraction of sp³-hybridized carbons (Fsp3) is 0.471. The highest BCUT2D eigenvalue weighted by Crippen LogP contribution is 2.21. The van der Waals surface area contributed by atoms with E-state index in [1.165, 1.54) is 11.5 Å². The van der Waals surface area contributed by atoms with Crippen LogP contribution in [0.1, 0.15) is 17.8 Å². The van der Waals surface area contributed by atoms with Gasteiger partial charge in [-0.15, -0.1) is 11.6 Å². The molecular formula is C17H21ClN4O2S. The van der Waals surface area contributed by atoms with Crippen molar-refractivity contribution in [2.75, 3.05) is 44.1 Å². The number of piperazine rings is 1. The van der Waals surface area contributed by atoms with Gasteiger partial charge < -0.3 is 14.5 Å². The first kappa shape index (κ1) is 17.9. The summed E-state index contributed by atoms with van der Waals surface area (Å²) in [6, 6.07) is 7.94. The molecule has 0 radical (unpaired) electrons. The Balaban J connectivity index is 1.58. The van der Waals surface area contributed by atoms with Crippen molar-refractivity contribution in [3.05, 3.63) is 35.7 Å². The number of anilines is 1. The summed E-state index contributed by atoms with van der Waals surface area (Å²) in [4.78, 5) is 20.6. The molecule has 25 heavy (non-hydrogen) atoms. The van der Waals surface area contributed by atoms with Crippen LogP contribution in [0.5, 0.6) is 5.75 Å². The lowest BCUT2D eigenvalue weighted by atomic mass is 10.1. The molecule has 1 fully saturated rings. The van der Waals surface area contributed by atoms with E-state index in [9.17, 15) is 4.79 Å². The molecule has 2 aromatic rings. The van der Waals surface area contributed by atoms with E-state index in [4.69, 9.17) is 16.3 Å². The lowest BCUT2D eigenvalue weighted by Gasteiger charge is -2.34. The first-order chi connectivity index (χ1) is 12.2. The first-order valence-electron chi connectivity index (χ1n) is 8.24. The summed E-state index contributed by atoms with van der Waals surface area (Å²) in [5.74, 6) is 2.16. The van der Waals surface area contributed by atoms with Gasteiger partial charge in [0.05, 0.1) is 7.11 Å². The van der Waals surface area contributed by atoms with Crippen molar-refractivity contribution in [1.29, 1.82) is 0 Å².